The third-order valence-electron chi connectivity index (χ3n) is 5.35. The van der Waals surface area contributed by atoms with Crippen LogP contribution in [0.2, 0.25) is 0 Å². The molecular formula is C22H23N5O5. The van der Waals surface area contributed by atoms with E-state index in [-0.39, 0.29) is 17.1 Å². The van der Waals surface area contributed by atoms with Crippen LogP contribution in [-0.4, -0.2) is 39.1 Å². The van der Waals surface area contributed by atoms with Crippen LogP contribution in [0, 0.1) is 10.1 Å². The Morgan fingerprint density at radius 2 is 2.00 bits per heavy atom. The highest BCUT2D eigenvalue weighted by molar-refractivity contribution is 5.91. The van der Waals surface area contributed by atoms with Gasteiger partial charge in [0.05, 0.1) is 10.5 Å². The molecule has 1 aliphatic rings. The number of esters is 1. The van der Waals surface area contributed by atoms with E-state index in [2.05, 4.69) is 15.1 Å². The van der Waals surface area contributed by atoms with Gasteiger partial charge in [0.2, 0.25) is 5.82 Å². The largest absolute Gasteiger partial charge is 0.449 e. The summed E-state index contributed by atoms with van der Waals surface area (Å²) >= 11 is 0. The molecule has 0 spiro atoms. The van der Waals surface area contributed by atoms with Crippen LogP contribution >= 0.6 is 0 Å². The summed E-state index contributed by atoms with van der Waals surface area (Å²) in [6, 6.07) is 7.97. The van der Waals surface area contributed by atoms with E-state index in [1.165, 1.54) is 6.07 Å². The first-order chi connectivity index (χ1) is 15.5. The minimum Gasteiger partial charge on any atom is -0.449 e. The number of nitro benzene ring substituents is 1. The molecule has 1 fully saturated rings. The third-order valence-corrected chi connectivity index (χ3v) is 5.35. The number of carbonyl (C=O) groups excluding carboxylic acids is 1. The van der Waals surface area contributed by atoms with Crippen molar-refractivity contribution in [3.8, 4) is 11.4 Å². The van der Waals surface area contributed by atoms with E-state index < -0.39 is 17.0 Å². The Labute approximate surface area is 184 Å². The fraction of sp³-hybridized carbons (Fsp3) is 0.364. The normalized spacial score (nSPS) is 15.1. The first-order valence-electron chi connectivity index (χ1n) is 10.5. The smallest absolute Gasteiger partial charge is 0.339 e. The van der Waals surface area contributed by atoms with Crippen molar-refractivity contribution >= 4 is 17.3 Å². The Hall–Kier alpha value is -3.82. The summed E-state index contributed by atoms with van der Waals surface area (Å²) in [6.07, 6.45) is 6.61. The zero-order chi connectivity index (χ0) is 22.5. The van der Waals surface area contributed by atoms with Gasteiger partial charge < -0.3 is 14.2 Å². The first-order valence-corrected chi connectivity index (χ1v) is 10.5. The molecule has 0 radical (unpaired) electrons. The lowest BCUT2D eigenvalue weighted by molar-refractivity contribution is -0.384. The summed E-state index contributed by atoms with van der Waals surface area (Å²) in [6.45, 7) is 3.12. The molecule has 0 bridgehead atoms. The molecule has 10 heteroatoms. The Morgan fingerprint density at radius 3 is 2.69 bits per heavy atom. The number of pyridine rings is 1. The molecule has 1 saturated heterocycles. The van der Waals surface area contributed by atoms with Gasteiger partial charge in [0.25, 0.3) is 11.6 Å². The molecule has 1 unspecified atom stereocenters. The zero-order valence-corrected chi connectivity index (χ0v) is 17.6. The number of ether oxygens (including phenoxy) is 1. The average Bonchev–Trinajstić information content (AvgIpc) is 3.15. The summed E-state index contributed by atoms with van der Waals surface area (Å²) in [5.41, 5.74) is 1.18. The van der Waals surface area contributed by atoms with Crippen molar-refractivity contribution in [3.05, 3.63) is 64.3 Å². The van der Waals surface area contributed by atoms with Gasteiger partial charge in [-0.05, 0) is 44.0 Å². The summed E-state index contributed by atoms with van der Waals surface area (Å²) in [4.78, 5) is 34.2. The molecule has 1 aliphatic heterocycles. The van der Waals surface area contributed by atoms with Crippen LogP contribution in [0.5, 0.6) is 0 Å². The second-order valence-corrected chi connectivity index (χ2v) is 7.61. The molecule has 3 aromatic rings. The maximum absolute atomic E-state index is 12.7. The number of rotatable bonds is 6. The molecular weight excluding hydrogens is 414 g/mol. The van der Waals surface area contributed by atoms with E-state index in [4.69, 9.17) is 9.26 Å². The maximum atomic E-state index is 12.7. The number of nitro groups is 1. The SMILES string of the molecule is CC(OC(=O)c1ccc(N2CCCCCC2)c([N+](=O)[O-])c1)c1nc(-c2cccnc2)no1. The van der Waals surface area contributed by atoms with Gasteiger partial charge in [-0.1, -0.05) is 18.0 Å². The molecule has 0 aliphatic carbocycles. The van der Waals surface area contributed by atoms with Gasteiger partial charge in [-0.3, -0.25) is 15.1 Å². The second-order valence-electron chi connectivity index (χ2n) is 7.61. The number of anilines is 1. The Balaban J connectivity index is 1.50. The molecule has 0 saturated carbocycles. The Morgan fingerprint density at radius 1 is 1.22 bits per heavy atom. The van der Waals surface area contributed by atoms with E-state index in [0.29, 0.717) is 17.1 Å². The first kappa shape index (κ1) is 21.4. The van der Waals surface area contributed by atoms with Gasteiger partial charge in [0.1, 0.15) is 5.69 Å². The molecule has 4 rings (SSSR count). The Bertz CT molecular complexity index is 1090. The predicted octanol–water partition coefficient (Wildman–Crippen LogP) is 4.34. The lowest BCUT2D eigenvalue weighted by Crippen LogP contribution is -2.25. The van der Waals surface area contributed by atoms with Crippen LogP contribution in [0.4, 0.5) is 11.4 Å². The van der Waals surface area contributed by atoms with Gasteiger partial charge in [0.15, 0.2) is 6.10 Å². The van der Waals surface area contributed by atoms with Crippen molar-refractivity contribution in [1.29, 1.82) is 0 Å². The van der Waals surface area contributed by atoms with Crippen molar-refractivity contribution in [2.75, 3.05) is 18.0 Å². The van der Waals surface area contributed by atoms with Crippen LogP contribution in [0.3, 0.4) is 0 Å². The molecule has 1 atom stereocenters. The molecule has 166 valence electrons. The molecule has 10 nitrogen and oxygen atoms in total. The summed E-state index contributed by atoms with van der Waals surface area (Å²) in [5, 5.41) is 15.6. The standard InChI is InChI=1S/C22H23N5O5/c1-15(21-24-20(25-32-21)17-7-6-10-23-14-17)31-22(28)16-8-9-18(19(13-16)27(29)30)26-11-4-2-3-5-12-26/h6-10,13-15H,2-5,11-12H2,1H3. The molecule has 0 N–H and O–H groups in total. The van der Waals surface area contributed by atoms with Crippen LogP contribution in [0.15, 0.2) is 47.2 Å². The van der Waals surface area contributed by atoms with E-state index >= 15 is 0 Å². The molecule has 3 heterocycles. The van der Waals surface area contributed by atoms with E-state index in [0.717, 1.165) is 38.8 Å². The number of carbonyl (C=O) groups is 1. The Kier molecular flexibility index (Phi) is 6.39. The fourth-order valence-electron chi connectivity index (χ4n) is 3.67. The minimum absolute atomic E-state index is 0.0918. The molecule has 2 aromatic heterocycles. The molecule has 32 heavy (non-hydrogen) atoms. The summed E-state index contributed by atoms with van der Waals surface area (Å²) < 4.78 is 10.6. The highest BCUT2D eigenvalue weighted by Gasteiger charge is 2.25. The van der Waals surface area contributed by atoms with Crippen molar-refractivity contribution < 1.29 is 19.0 Å². The highest BCUT2D eigenvalue weighted by atomic mass is 16.6. The van der Waals surface area contributed by atoms with Crippen molar-refractivity contribution in [3.63, 3.8) is 0 Å². The van der Waals surface area contributed by atoms with E-state index in [1.54, 1.807) is 43.6 Å². The van der Waals surface area contributed by atoms with E-state index in [1.807, 2.05) is 4.90 Å². The van der Waals surface area contributed by atoms with Gasteiger partial charge in [-0.15, -0.1) is 0 Å². The van der Waals surface area contributed by atoms with E-state index in [9.17, 15) is 14.9 Å². The maximum Gasteiger partial charge on any atom is 0.339 e. The number of aromatic nitrogens is 3. The lowest BCUT2D eigenvalue weighted by atomic mass is 10.1. The van der Waals surface area contributed by atoms with Crippen molar-refractivity contribution in [1.82, 2.24) is 15.1 Å². The minimum atomic E-state index is -0.829. The lowest BCUT2D eigenvalue weighted by Gasteiger charge is -2.22. The average molecular weight is 437 g/mol. The topological polar surface area (TPSA) is 124 Å². The number of nitrogens with zero attached hydrogens (tertiary/aromatic N) is 5. The van der Waals surface area contributed by atoms with Crippen LogP contribution < -0.4 is 4.90 Å². The van der Waals surface area contributed by atoms with Crippen LogP contribution in [0.25, 0.3) is 11.4 Å². The number of hydrogen-bond acceptors (Lipinski definition) is 9. The number of hydrogen-bond donors (Lipinski definition) is 0. The van der Waals surface area contributed by atoms with Gasteiger partial charge >= 0.3 is 5.97 Å². The summed E-state index contributed by atoms with van der Waals surface area (Å²) in [7, 11) is 0. The zero-order valence-electron chi connectivity index (χ0n) is 17.6. The predicted molar refractivity (Wildman–Crippen MR) is 115 cm³/mol. The van der Waals surface area contributed by atoms with Crippen LogP contribution in [-0.2, 0) is 4.74 Å². The second kappa shape index (κ2) is 9.54. The highest BCUT2D eigenvalue weighted by Crippen LogP contribution is 2.32. The third kappa shape index (κ3) is 4.74. The fourth-order valence-corrected chi connectivity index (χ4v) is 3.67. The monoisotopic (exact) mass is 437 g/mol. The quantitative estimate of drug-likeness (QED) is 0.314. The van der Waals surface area contributed by atoms with Crippen molar-refractivity contribution in [2.45, 2.75) is 38.7 Å². The van der Waals surface area contributed by atoms with Crippen molar-refractivity contribution in [2.24, 2.45) is 0 Å². The van der Waals surface area contributed by atoms with Gasteiger partial charge in [0, 0.05) is 37.1 Å². The van der Waals surface area contributed by atoms with Gasteiger partial charge in [-0.25, -0.2) is 4.79 Å². The molecule has 0 amide bonds. The molecule has 1 aromatic carbocycles. The number of benzene rings is 1. The summed E-state index contributed by atoms with van der Waals surface area (Å²) in [5.74, 6) is -0.259. The van der Waals surface area contributed by atoms with Gasteiger partial charge in [-0.2, -0.15) is 4.98 Å². The van der Waals surface area contributed by atoms with Crippen LogP contribution in [0.1, 0.15) is 55.0 Å².